The van der Waals surface area contributed by atoms with Gasteiger partial charge in [0.2, 0.25) is 5.91 Å². The molecule has 0 N–H and O–H groups in total. The summed E-state index contributed by atoms with van der Waals surface area (Å²) in [6.07, 6.45) is 3.38. The van der Waals surface area contributed by atoms with Crippen molar-refractivity contribution in [2.45, 2.75) is 59.0 Å². The number of hydrogen-bond donors (Lipinski definition) is 0. The number of aromatic nitrogens is 3. The van der Waals surface area contributed by atoms with Crippen LogP contribution in [0, 0.1) is 6.92 Å². The highest BCUT2D eigenvalue weighted by Crippen LogP contribution is 2.26. The minimum absolute atomic E-state index is 0.101. The van der Waals surface area contributed by atoms with Crippen molar-refractivity contribution in [3.63, 3.8) is 0 Å². The monoisotopic (exact) mass is 439 g/mol. The minimum atomic E-state index is 0.101. The van der Waals surface area contributed by atoms with Gasteiger partial charge in [0.05, 0.1) is 29.0 Å². The molecule has 3 aromatic rings. The summed E-state index contributed by atoms with van der Waals surface area (Å²) in [6, 6.07) is 6.32. The summed E-state index contributed by atoms with van der Waals surface area (Å²) in [5.74, 6) is 0.224. The maximum absolute atomic E-state index is 12.9. The molecule has 31 heavy (non-hydrogen) atoms. The second-order valence-corrected chi connectivity index (χ2v) is 10.4. The van der Waals surface area contributed by atoms with Crippen LogP contribution in [0.3, 0.4) is 0 Å². The third-order valence-corrected chi connectivity index (χ3v) is 7.17. The second kappa shape index (κ2) is 9.09. The van der Waals surface area contributed by atoms with E-state index in [2.05, 4.69) is 61.3 Å². The Hall–Kier alpha value is -2.25. The molecule has 0 saturated carbocycles. The number of nitrogens with zero attached hydrogens (tertiary/aromatic N) is 5. The normalized spacial score (nSPS) is 16.1. The van der Waals surface area contributed by atoms with Crippen LogP contribution in [0.1, 0.15) is 49.9 Å². The first-order valence-electron chi connectivity index (χ1n) is 11.2. The van der Waals surface area contributed by atoms with Gasteiger partial charge in [0.25, 0.3) is 0 Å². The molecule has 1 amide bonds. The molecule has 0 spiro atoms. The van der Waals surface area contributed by atoms with Crippen LogP contribution in [-0.2, 0) is 23.3 Å². The van der Waals surface area contributed by atoms with E-state index in [4.69, 9.17) is 4.98 Å². The lowest BCUT2D eigenvalue weighted by Crippen LogP contribution is -2.35. The number of amides is 1. The number of rotatable bonds is 5. The predicted octanol–water partition coefficient (Wildman–Crippen LogP) is 4.22. The Morgan fingerprint density at radius 1 is 1.16 bits per heavy atom. The molecule has 0 aliphatic carbocycles. The average Bonchev–Trinajstić information content (AvgIpc) is 3.28. The molecule has 0 unspecified atom stereocenters. The Bertz CT molecular complexity index is 1050. The molecule has 2 aromatic heterocycles. The number of benzene rings is 1. The van der Waals surface area contributed by atoms with Gasteiger partial charge in [-0.25, -0.2) is 4.98 Å². The summed E-state index contributed by atoms with van der Waals surface area (Å²) in [7, 11) is 0. The van der Waals surface area contributed by atoms with E-state index in [0.29, 0.717) is 13.0 Å². The number of hydrogen-bond acceptors (Lipinski definition) is 5. The van der Waals surface area contributed by atoms with E-state index in [9.17, 15) is 4.79 Å². The number of carbonyl (C=O) groups is 1. The lowest BCUT2D eigenvalue weighted by atomic mass is 9.98. The summed E-state index contributed by atoms with van der Waals surface area (Å²) in [5.41, 5.74) is 3.56. The third-order valence-electron chi connectivity index (χ3n) is 5.86. The van der Waals surface area contributed by atoms with Gasteiger partial charge in [0.1, 0.15) is 0 Å². The second-order valence-electron chi connectivity index (χ2n) is 9.58. The SMILES string of the molecule is Cc1ccc2cnn(CCC(=O)N3CCCN(Cc4csc(C(C)(C)C)n4)CC3)c2c1. The molecule has 1 aliphatic heterocycles. The van der Waals surface area contributed by atoms with Crippen LogP contribution in [0.25, 0.3) is 10.9 Å². The largest absolute Gasteiger partial charge is 0.341 e. The van der Waals surface area contributed by atoms with E-state index in [1.807, 2.05) is 15.8 Å². The van der Waals surface area contributed by atoms with Crippen LogP contribution in [0.4, 0.5) is 0 Å². The van der Waals surface area contributed by atoms with Crippen molar-refractivity contribution in [1.82, 2.24) is 24.6 Å². The summed E-state index contributed by atoms with van der Waals surface area (Å²) >= 11 is 1.75. The van der Waals surface area contributed by atoms with Crippen LogP contribution in [-0.4, -0.2) is 56.7 Å². The van der Waals surface area contributed by atoms with Crippen LogP contribution < -0.4 is 0 Å². The topological polar surface area (TPSA) is 54.3 Å². The quantitative estimate of drug-likeness (QED) is 0.597. The van der Waals surface area contributed by atoms with Crippen LogP contribution in [0.15, 0.2) is 29.8 Å². The smallest absolute Gasteiger partial charge is 0.224 e. The first-order valence-corrected chi connectivity index (χ1v) is 12.0. The summed E-state index contributed by atoms with van der Waals surface area (Å²) in [6.45, 7) is 13.7. The molecule has 1 aliphatic rings. The van der Waals surface area contributed by atoms with Gasteiger partial charge in [-0.3, -0.25) is 14.4 Å². The summed E-state index contributed by atoms with van der Waals surface area (Å²) in [5, 5.41) is 8.98. The Kier molecular flexibility index (Phi) is 6.44. The molecule has 1 aromatic carbocycles. The zero-order valence-corrected chi connectivity index (χ0v) is 19.9. The van der Waals surface area contributed by atoms with Crippen molar-refractivity contribution in [3.8, 4) is 0 Å². The summed E-state index contributed by atoms with van der Waals surface area (Å²) < 4.78 is 1.96. The van der Waals surface area contributed by atoms with Crippen molar-refractivity contribution in [3.05, 3.63) is 46.0 Å². The number of carbonyl (C=O) groups excluding carboxylic acids is 1. The Morgan fingerprint density at radius 2 is 2.00 bits per heavy atom. The molecular weight excluding hydrogens is 406 g/mol. The van der Waals surface area contributed by atoms with Gasteiger partial charge in [-0.2, -0.15) is 5.10 Å². The average molecular weight is 440 g/mol. The van der Waals surface area contributed by atoms with Crippen molar-refractivity contribution in [2.24, 2.45) is 0 Å². The molecule has 1 fully saturated rings. The van der Waals surface area contributed by atoms with Crippen molar-refractivity contribution in [1.29, 1.82) is 0 Å². The molecular formula is C24H33N5OS. The van der Waals surface area contributed by atoms with Crippen LogP contribution >= 0.6 is 11.3 Å². The lowest BCUT2D eigenvalue weighted by Gasteiger charge is -2.22. The highest BCUT2D eigenvalue weighted by molar-refractivity contribution is 7.09. The van der Waals surface area contributed by atoms with E-state index < -0.39 is 0 Å². The molecule has 6 nitrogen and oxygen atoms in total. The van der Waals surface area contributed by atoms with E-state index in [-0.39, 0.29) is 11.3 Å². The molecule has 0 atom stereocenters. The van der Waals surface area contributed by atoms with Gasteiger partial charge in [0.15, 0.2) is 0 Å². The van der Waals surface area contributed by atoms with Gasteiger partial charge < -0.3 is 4.90 Å². The predicted molar refractivity (Wildman–Crippen MR) is 126 cm³/mol. The maximum atomic E-state index is 12.9. The van der Waals surface area contributed by atoms with Crippen molar-refractivity contribution < 1.29 is 4.79 Å². The Balaban J connectivity index is 1.30. The fraction of sp³-hybridized carbons (Fsp3) is 0.542. The van der Waals surface area contributed by atoms with Gasteiger partial charge >= 0.3 is 0 Å². The zero-order valence-electron chi connectivity index (χ0n) is 19.1. The van der Waals surface area contributed by atoms with Gasteiger partial charge in [-0.15, -0.1) is 11.3 Å². The van der Waals surface area contributed by atoms with Crippen molar-refractivity contribution in [2.75, 3.05) is 26.2 Å². The number of thiazole rings is 1. The van der Waals surface area contributed by atoms with Gasteiger partial charge in [0, 0.05) is 55.3 Å². The maximum Gasteiger partial charge on any atom is 0.224 e. The molecule has 1 saturated heterocycles. The molecule has 7 heteroatoms. The summed E-state index contributed by atoms with van der Waals surface area (Å²) in [4.78, 5) is 22.2. The minimum Gasteiger partial charge on any atom is -0.341 e. The third kappa shape index (κ3) is 5.33. The fourth-order valence-corrected chi connectivity index (χ4v) is 4.95. The van der Waals surface area contributed by atoms with Crippen LogP contribution in [0.2, 0.25) is 0 Å². The lowest BCUT2D eigenvalue weighted by molar-refractivity contribution is -0.131. The Morgan fingerprint density at radius 3 is 2.77 bits per heavy atom. The number of fused-ring (bicyclic) bond motifs is 1. The zero-order chi connectivity index (χ0) is 22.0. The Labute approximate surface area is 188 Å². The van der Waals surface area contributed by atoms with Gasteiger partial charge in [-0.05, 0) is 25.0 Å². The highest BCUT2D eigenvalue weighted by atomic mass is 32.1. The highest BCUT2D eigenvalue weighted by Gasteiger charge is 2.22. The van der Waals surface area contributed by atoms with Crippen molar-refractivity contribution >= 4 is 28.1 Å². The van der Waals surface area contributed by atoms with E-state index >= 15 is 0 Å². The number of aryl methyl sites for hydroxylation is 2. The molecule has 0 bridgehead atoms. The van der Waals surface area contributed by atoms with E-state index in [1.54, 1.807) is 11.3 Å². The van der Waals surface area contributed by atoms with E-state index in [0.717, 1.165) is 55.7 Å². The van der Waals surface area contributed by atoms with Crippen LogP contribution in [0.5, 0.6) is 0 Å². The standard InChI is InChI=1S/C24H33N5OS/c1-18-6-7-19-15-25-29(21(19)14-18)11-8-22(30)28-10-5-9-27(12-13-28)16-20-17-31-23(26-20)24(2,3)4/h6-7,14-15,17H,5,8-13,16H2,1-4H3. The fourth-order valence-electron chi connectivity index (χ4n) is 4.05. The molecule has 4 rings (SSSR count). The van der Waals surface area contributed by atoms with E-state index in [1.165, 1.54) is 10.6 Å². The first kappa shape index (κ1) is 22.0. The molecule has 0 radical (unpaired) electrons. The van der Waals surface area contributed by atoms with Gasteiger partial charge in [-0.1, -0.05) is 32.9 Å². The first-order chi connectivity index (χ1) is 14.8. The molecule has 3 heterocycles. The molecule has 166 valence electrons.